The zero-order valence-corrected chi connectivity index (χ0v) is 12.6. The van der Waals surface area contributed by atoms with Crippen LogP contribution < -0.4 is 16.5 Å². The van der Waals surface area contributed by atoms with E-state index in [1.807, 2.05) is 23.6 Å². The number of anilines is 1. The first kappa shape index (κ1) is 15.1. The van der Waals surface area contributed by atoms with Crippen molar-refractivity contribution >= 4 is 22.5 Å². The van der Waals surface area contributed by atoms with Crippen molar-refractivity contribution in [2.75, 3.05) is 12.3 Å². The fraction of sp³-hybridized carbons (Fsp3) is 0.375. The molecule has 0 spiro atoms. The van der Waals surface area contributed by atoms with Crippen LogP contribution in [0.25, 0.3) is 10.9 Å². The van der Waals surface area contributed by atoms with Gasteiger partial charge < -0.3 is 15.6 Å². The van der Waals surface area contributed by atoms with Gasteiger partial charge in [0.25, 0.3) is 5.91 Å². The fourth-order valence-corrected chi connectivity index (χ4v) is 2.40. The second-order valence-corrected chi connectivity index (χ2v) is 5.14. The summed E-state index contributed by atoms with van der Waals surface area (Å²) in [5.41, 5.74) is 6.96. The molecule has 1 aromatic heterocycles. The highest BCUT2D eigenvalue weighted by atomic mass is 16.2. The number of aromatic nitrogens is 1. The lowest BCUT2D eigenvalue weighted by Gasteiger charge is -2.19. The Bertz CT molecular complexity index is 734. The number of pyridine rings is 1. The number of nitrogens with two attached hydrogens (primary N) is 1. The maximum Gasteiger partial charge on any atom is 0.256 e. The summed E-state index contributed by atoms with van der Waals surface area (Å²) < 4.78 is 1.96. The van der Waals surface area contributed by atoms with Gasteiger partial charge in [-0.25, -0.2) is 0 Å². The van der Waals surface area contributed by atoms with Crippen LogP contribution in [0.4, 0.5) is 5.69 Å². The van der Waals surface area contributed by atoms with Crippen molar-refractivity contribution in [3.8, 4) is 0 Å². The topological polar surface area (TPSA) is 77.1 Å². The molecule has 1 unspecified atom stereocenters. The van der Waals surface area contributed by atoms with Crippen molar-refractivity contribution in [2.45, 2.75) is 33.2 Å². The van der Waals surface area contributed by atoms with E-state index >= 15 is 0 Å². The molecule has 21 heavy (non-hydrogen) atoms. The van der Waals surface area contributed by atoms with Crippen LogP contribution in [0.5, 0.6) is 0 Å². The van der Waals surface area contributed by atoms with Crippen LogP contribution >= 0.6 is 0 Å². The number of amides is 1. The first-order valence-electron chi connectivity index (χ1n) is 7.22. The number of hydrogen-bond acceptors (Lipinski definition) is 3. The van der Waals surface area contributed by atoms with Crippen LogP contribution in [0, 0.1) is 0 Å². The minimum Gasteiger partial charge on any atom is -0.398 e. The molecular formula is C16H21N3O2. The van der Waals surface area contributed by atoms with E-state index < -0.39 is 0 Å². The highest BCUT2D eigenvalue weighted by molar-refractivity contribution is 6.00. The highest BCUT2D eigenvalue weighted by Crippen LogP contribution is 2.22. The van der Waals surface area contributed by atoms with Gasteiger partial charge in [0.2, 0.25) is 5.43 Å². The molecule has 1 aromatic carbocycles. The molecule has 2 rings (SSSR count). The number of carbonyl (C=O) groups is 1. The number of benzene rings is 1. The maximum absolute atomic E-state index is 12.6. The SMILES string of the molecule is CCNC(=O)c1cn(C(C)CC)c2cccc(N)c2c1=O. The number of hydrogen-bond donors (Lipinski definition) is 2. The molecular weight excluding hydrogens is 266 g/mol. The Kier molecular flexibility index (Phi) is 4.31. The van der Waals surface area contributed by atoms with E-state index in [0.717, 1.165) is 11.9 Å². The Morgan fingerprint density at radius 2 is 2.10 bits per heavy atom. The third-order valence-corrected chi connectivity index (χ3v) is 3.74. The predicted molar refractivity (Wildman–Crippen MR) is 85.6 cm³/mol. The fourth-order valence-electron chi connectivity index (χ4n) is 2.40. The molecule has 0 bridgehead atoms. The lowest BCUT2D eigenvalue weighted by molar-refractivity contribution is 0.0954. The number of rotatable bonds is 4. The second kappa shape index (κ2) is 5.99. The summed E-state index contributed by atoms with van der Waals surface area (Å²) in [5.74, 6) is -0.357. The van der Waals surface area contributed by atoms with Crippen LogP contribution in [0.1, 0.15) is 43.6 Å². The molecule has 1 heterocycles. The standard InChI is InChI=1S/C16H21N3O2/c1-4-10(3)19-9-11(16(21)18-5-2)15(20)14-12(17)7-6-8-13(14)19/h6-10H,4-5,17H2,1-3H3,(H,18,21). The Morgan fingerprint density at radius 3 is 2.71 bits per heavy atom. The van der Waals surface area contributed by atoms with Gasteiger partial charge in [-0.1, -0.05) is 13.0 Å². The lowest BCUT2D eigenvalue weighted by Crippen LogP contribution is -2.30. The van der Waals surface area contributed by atoms with Crippen LogP contribution in [0.3, 0.4) is 0 Å². The van der Waals surface area contributed by atoms with Crippen LogP contribution in [0.2, 0.25) is 0 Å². The molecule has 0 aliphatic carbocycles. The monoisotopic (exact) mass is 287 g/mol. The van der Waals surface area contributed by atoms with Gasteiger partial charge in [-0.05, 0) is 32.4 Å². The largest absolute Gasteiger partial charge is 0.398 e. The summed E-state index contributed by atoms with van der Waals surface area (Å²) in [6.45, 7) is 6.41. The van der Waals surface area contributed by atoms with E-state index in [1.54, 1.807) is 12.3 Å². The average molecular weight is 287 g/mol. The maximum atomic E-state index is 12.6. The minimum absolute atomic E-state index is 0.141. The summed E-state index contributed by atoms with van der Waals surface area (Å²) in [6, 6.07) is 5.54. The van der Waals surface area contributed by atoms with E-state index in [0.29, 0.717) is 17.6 Å². The van der Waals surface area contributed by atoms with Gasteiger partial charge in [0.1, 0.15) is 5.56 Å². The summed E-state index contributed by atoms with van der Waals surface area (Å²) in [6.07, 6.45) is 2.53. The summed E-state index contributed by atoms with van der Waals surface area (Å²) >= 11 is 0. The molecule has 0 saturated carbocycles. The molecule has 1 atom stereocenters. The van der Waals surface area contributed by atoms with Crippen molar-refractivity contribution in [2.24, 2.45) is 0 Å². The molecule has 0 aliphatic heterocycles. The molecule has 0 aliphatic rings. The Morgan fingerprint density at radius 1 is 1.38 bits per heavy atom. The predicted octanol–water partition coefficient (Wildman–Crippen LogP) is 2.30. The molecule has 2 aromatic rings. The summed E-state index contributed by atoms with van der Waals surface area (Å²) in [7, 11) is 0. The Hall–Kier alpha value is -2.30. The number of carbonyl (C=O) groups excluding carboxylic acids is 1. The molecule has 5 nitrogen and oxygen atoms in total. The van der Waals surface area contributed by atoms with Gasteiger partial charge in [0, 0.05) is 24.5 Å². The smallest absolute Gasteiger partial charge is 0.256 e. The van der Waals surface area contributed by atoms with Crippen molar-refractivity contribution in [1.29, 1.82) is 0 Å². The van der Waals surface area contributed by atoms with Crippen LogP contribution in [-0.4, -0.2) is 17.0 Å². The third-order valence-electron chi connectivity index (χ3n) is 3.74. The highest BCUT2D eigenvalue weighted by Gasteiger charge is 2.18. The van der Waals surface area contributed by atoms with Gasteiger partial charge >= 0.3 is 0 Å². The van der Waals surface area contributed by atoms with Gasteiger partial charge in [-0.3, -0.25) is 9.59 Å². The van der Waals surface area contributed by atoms with Gasteiger partial charge in [0.15, 0.2) is 0 Å². The van der Waals surface area contributed by atoms with E-state index in [4.69, 9.17) is 5.73 Å². The number of nitrogen functional groups attached to an aromatic ring is 1. The number of fused-ring (bicyclic) bond motifs is 1. The van der Waals surface area contributed by atoms with E-state index in [-0.39, 0.29) is 22.9 Å². The quantitative estimate of drug-likeness (QED) is 0.847. The molecule has 0 radical (unpaired) electrons. The molecule has 1 amide bonds. The van der Waals surface area contributed by atoms with Crippen LogP contribution in [0.15, 0.2) is 29.2 Å². The van der Waals surface area contributed by atoms with Crippen molar-refractivity contribution < 1.29 is 4.79 Å². The number of nitrogens with one attached hydrogen (secondary N) is 1. The molecule has 0 saturated heterocycles. The van der Waals surface area contributed by atoms with Crippen molar-refractivity contribution in [3.05, 3.63) is 40.2 Å². The lowest BCUT2D eigenvalue weighted by atomic mass is 10.1. The first-order valence-corrected chi connectivity index (χ1v) is 7.22. The van der Waals surface area contributed by atoms with Gasteiger partial charge in [-0.15, -0.1) is 0 Å². The van der Waals surface area contributed by atoms with Crippen LogP contribution in [-0.2, 0) is 0 Å². The number of nitrogens with zero attached hydrogens (tertiary/aromatic N) is 1. The normalized spacial score (nSPS) is 12.3. The van der Waals surface area contributed by atoms with E-state index in [1.165, 1.54) is 0 Å². The van der Waals surface area contributed by atoms with Crippen molar-refractivity contribution in [1.82, 2.24) is 9.88 Å². The second-order valence-electron chi connectivity index (χ2n) is 5.14. The van der Waals surface area contributed by atoms with Crippen molar-refractivity contribution in [3.63, 3.8) is 0 Å². The summed E-state index contributed by atoms with van der Waals surface area (Å²) in [4.78, 5) is 24.7. The Labute approximate surface area is 123 Å². The van der Waals surface area contributed by atoms with E-state index in [2.05, 4.69) is 19.2 Å². The zero-order valence-electron chi connectivity index (χ0n) is 12.6. The first-order chi connectivity index (χ1) is 10.0. The zero-order chi connectivity index (χ0) is 15.6. The molecule has 3 N–H and O–H groups in total. The molecule has 112 valence electrons. The summed E-state index contributed by atoms with van der Waals surface area (Å²) in [5, 5.41) is 3.10. The molecule has 0 fully saturated rings. The average Bonchev–Trinajstić information content (AvgIpc) is 2.47. The van der Waals surface area contributed by atoms with Gasteiger partial charge in [0.05, 0.1) is 10.9 Å². The third kappa shape index (κ3) is 2.63. The Balaban J connectivity index is 2.83. The molecule has 5 heteroatoms. The minimum atomic E-state index is -0.357. The van der Waals surface area contributed by atoms with E-state index in [9.17, 15) is 9.59 Å². The van der Waals surface area contributed by atoms with Gasteiger partial charge in [-0.2, -0.15) is 0 Å².